The summed E-state index contributed by atoms with van der Waals surface area (Å²) in [6.45, 7) is 11.5. The van der Waals surface area contributed by atoms with Crippen LogP contribution in [0.4, 0.5) is 5.69 Å². The van der Waals surface area contributed by atoms with Crippen LogP contribution in [0.1, 0.15) is 119 Å². The minimum atomic E-state index is -1.75. The van der Waals surface area contributed by atoms with Crippen molar-refractivity contribution in [2.45, 2.75) is 149 Å². The number of hydrogen-bond donors (Lipinski definition) is 3. The summed E-state index contributed by atoms with van der Waals surface area (Å²) in [6, 6.07) is 46.9. The van der Waals surface area contributed by atoms with Gasteiger partial charge in [-0.2, -0.15) is 20.4 Å². The summed E-state index contributed by atoms with van der Waals surface area (Å²) >= 11 is 14.8. The van der Waals surface area contributed by atoms with Gasteiger partial charge in [0.15, 0.2) is 11.2 Å². The lowest BCUT2D eigenvalue weighted by Gasteiger charge is -2.29. The van der Waals surface area contributed by atoms with E-state index in [2.05, 4.69) is 28.2 Å². The van der Waals surface area contributed by atoms with Crippen molar-refractivity contribution in [3.63, 3.8) is 0 Å². The molecule has 0 spiro atoms. The molecule has 0 amide bonds. The highest BCUT2D eigenvalue weighted by molar-refractivity contribution is 6.32. The summed E-state index contributed by atoms with van der Waals surface area (Å²) < 4.78 is 31.8. The highest BCUT2D eigenvalue weighted by Crippen LogP contribution is 2.40. The molecule has 2 fully saturated rings. The fourth-order valence-corrected chi connectivity index (χ4v) is 13.4. The maximum atomic E-state index is 13.8. The number of hydrogen-bond acceptors (Lipinski definition) is 12. The molecule has 12 rings (SSSR count). The third kappa shape index (κ3) is 14.7. The predicted molar refractivity (Wildman–Crippen MR) is 374 cm³/mol. The van der Waals surface area contributed by atoms with Gasteiger partial charge in [-0.25, -0.2) is 14.3 Å². The molecule has 10 aromatic rings. The van der Waals surface area contributed by atoms with Crippen molar-refractivity contribution in [1.82, 2.24) is 39.1 Å². The van der Waals surface area contributed by atoms with E-state index in [1.165, 1.54) is 6.92 Å². The first-order valence-electron chi connectivity index (χ1n) is 33.2. The van der Waals surface area contributed by atoms with Crippen LogP contribution in [0.25, 0.3) is 50.4 Å². The SMILES string of the molecule is CCn1ncc2ccc(-c3cc(CC[C@@](CC)(Cc4cccc(Cn5nc(COC(C)(CC)C(=O)O)cc5-c5cccc(OC)c5)c4Cl)C(=O)O)nn3Cc3cccc(CC(C)(OCc4cc(-c5cccc(OC6CC6)c5)n(-c5ccccc5N5CCCC5)n4)C(=O)O)c3Cl)cc21. The van der Waals surface area contributed by atoms with Gasteiger partial charge in [0.05, 0.1) is 102 Å². The number of para-hydroxylation sites is 2. The lowest BCUT2D eigenvalue weighted by atomic mass is 9.75. The smallest absolute Gasteiger partial charge is 0.336 e. The van der Waals surface area contributed by atoms with Crippen LogP contribution in [-0.4, -0.2) is 110 Å². The normalized spacial score (nSPS) is 15.1. The number of aryl methyl sites for hydroxylation is 2. The maximum Gasteiger partial charge on any atom is 0.336 e. The van der Waals surface area contributed by atoms with Gasteiger partial charge < -0.3 is 39.2 Å². The number of fused-ring (bicyclic) bond motifs is 1. The number of nitrogens with zero attached hydrogens (tertiary/aromatic N) is 9. The molecule has 1 saturated heterocycles. The van der Waals surface area contributed by atoms with Gasteiger partial charge in [0.2, 0.25) is 0 Å². The molecule has 97 heavy (non-hydrogen) atoms. The van der Waals surface area contributed by atoms with Crippen LogP contribution in [0, 0.1) is 5.41 Å². The van der Waals surface area contributed by atoms with E-state index in [-0.39, 0.29) is 64.5 Å². The molecule has 3 N–H and O–H groups in total. The zero-order valence-electron chi connectivity index (χ0n) is 55.5. The topological polar surface area (TPSA) is 223 Å². The number of carboxylic acid groups (broad SMARTS) is 3. The van der Waals surface area contributed by atoms with Crippen molar-refractivity contribution in [2.24, 2.45) is 5.41 Å². The summed E-state index contributed by atoms with van der Waals surface area (Å²) in [5.41, 5.74) is 7.68. The highest BCUT2D eigenvalue weighted by atomic mass is 35.5. The Labute approximate surface area is 574 Å². The Bertz CT molecular complexity index is 4530. The van der Waals surface area contributed by atoms with Gasteiger partial charge in [-0.3, -0.25) is 18.8 Å². The molecule has 0 radical (unpaired) electrons. The van der Waals surface area contributed by atoms with Crippen LogP contribution in [0.5, 0.6) is 11.5 Å². The molecule has 21 heteroatoms. The zero-order valence-corrected chi connectivity index (χ0v) is 57.0. The van der Waals surface area contributed by atoms with Crippen molar-refractivity contribution in [1.29, 1.82) is 0 Å². The average Bonchev–Trinajstić information content (AvgIpc) is 1.70. The maximum absolute atomic E-state index is 13.8. The lowest BCUT2D eigenvalue weighted by Crippen LogP contribution is -2.40. The van der Waals surface area contributed by atoms with Gasteiger partial charge in [0.25, 0.3) is 0 Å². The third-order valence-corrected chi connectivity index (χ3v) is 20.2. The minimum Gasteiger partial charge on any atom is -0.497 e. The molecule has 0 bridgehead atoms. The Kier molecular flexibility index (Phi) is 20.1. The van der Waals surface area contributed by atoms with E-state index < -0.39 is 34.5 Å². The van der Waals surface area contributed by atoms with E-state index in [1.54, 1.807) is 25.6 Å². The Morgan fingerprint density at radius 3 is 1.74 bits per heavy atom. The Balaban J connectivity index is 0.809. The molecule has 1 aliphatic carbocycles. The minimum absolute atomic E-state index is 0.0581. The first-order valence-corrected chi connectivity index (χ1v) is 34.0. The van der Waals surface area contributed by atoms with Gasteiger partial charge in [0, 0.05) is 58.2 Å². The molecule has 1 saturated carbocycles. The number of benzene rings is 6. The summed E-state index contributed by atoms with van der Waals surface area (Å²) in [5.74, 6) is -1.78. The van der Waals surface area contributed by atoms with Gasteiger partial charge in [-0.05, 0) is 161 Å². The van der Waals surface area contributed by atoms with Gasteiger partial charge >= 0.3 is 17.9 Å². The molecule has 2 unspecified atom stereocenters. The standard InChI is InChI=1S/C76H81Cl2N9O10/c1-7-74(4,71(88)89)95-47-58-40-67(49-18-16-24-61(36-49)94-6)86(81-58)46-56-23-15-21-53(70(56)78)43-76(8-2,73(92)93)33-32-57-39-66(51-28-29-54-44-79-84(9-3)65(54)38-51)85(80-57)45-55-22-14-20-52(69(55)77)42-75(5,72(90)91)96-48-59-41-68(50-19-17-25-62(37-50)97-60-30-31-60)87(82-59)64-27-11-10-26-63(64)83-34-12-13-35-83/h10-11,14-29,36-41,44,60H,7-9,12-13,30-35,42-43,45-48H2,1-6H3,(H,88,89)(H,90,91)(H,92,93)/t74?,75?,76-/m0/s1. The van der Waals surface area contributed by atoms with Crippen molar-refractivity contribution in [3.05, 3.63) is 201 Å². The molecule has 4 aromatic heterocycles. The van der Waals surface area contributed by atoms with E-state index in [0.717, 1.165) is 101 Å². The van der Waals surface area contributed by atoms with Gasteiger partial charge in [0.1, 0.15) is 11.5 Å². The Morgan fingerprint density at radius 2 is 1.12 bits per heavy atom. The first-order chi connectivity index (χ1) is 46.8. The molecule has 6 aromatic carbocycles. The van der Waals surface area contributed by atoms with Crippen LogP contribution < -0.4 is 14.4 Å². The Morgan fingerprint density at radius 1 is 0.567 bits per heavy atom. The number of methoxy groups -OCH3 is 1. The number of carbonyl (C=O) groups is 3. The number of aliphatic carboxylic acids is 3. The van der Waals surface area contributed by atoms with Crippen LogP contribution in [0.2, 0.25) is 10.0 Å². The van der Waals surface area contributed by atoms with Crippen molar-refractivity contribution >= 4 is 57.7 Å². The fourth-order valence-electron chi connectivity index (χ4n) is 12.9. The van der Waals surface area contributed by atoms with Crippen LogP contribution in [0.15, 0.2) is 152 Å². The average molecular weight is 1350 g/mol. The molecule has 504 valence electrons. The number of carboxylic acids is 3. The van der Waals surface area contributed by atoms with Crippen molar-refractivity contribution in [2.75, 3.05) is 25.1 Å². The number of aromatic nitrogens is 8. The number of anilines is 1. The lowest BCUT2D eigenvalue weighted by molar-refractivity contribution is -0.166. The molecule has 19 nitrogen and oxygen atoms in total. The van der Waals surface area contributed by atoms with E-state index in [4.69, 9.17) is 57.4 Å². The second kappa shape index (κ2) is 28.8. The number of halogens is 2. The quantitative estimate of drug-likeness (QED) is 0.0367. The second-order valence-electron chi connectivity index (χ2n) is 25.9. The van der Waals surface area contributed by atoms with Gasteiger partial charge in [-0.15, -0.1) is 0 Å². The molecule has 1 aliphatic heterocycles. The summed E-state index contributed by atoms with van der Waals surface area (Å²) in [5, 5.41) is 53.9. The molecule has 3 atom stereocenters. The highest BCUT2D eigenvalue weighted by Gasteiger charge is 2.39. The van der Waals surface area contributed by atoms with E-state index >= 15 is 0 Å². The molecule has 5 heterocycles. The summed E-state index contributed by atoms with van der Waals surface area (Å²) in [4.78, 5) is 41.9. The third-order valence-electron chi connectivity index (χ3n) is 19.2. The molecule has 2 aliphatic rings. The monoisotopic (exact) mass is 1350 g/mol. The van der Waals surface area contributed by atoms with E-state index in [0.29, 0.717) is 68.1 Å². The van der Waals surface area contributed by atoms with Crippen LogP contribution in [-0.2, 0) is 76.0 Å². The summed E-state index contributed by atoms with van der Waals surface area (Å²) in [7, 11) is 1.59. The number of ether oxygens (including phenoxy) is 4. The molecular formula is C76H81Cl2N9O10. The zero-order chi connectivity index (χ0) is 68.2. The van der Waals surface area contributed by atoms with E-state index in [9.17, 15) is 29.7 Å². The van der Waals surface area contributed by atoms with Crippen molar-refractivity contribution < 1.29 is 48.7 Å². The predicted octanol–water partition coefficient (Wildman–Crippen LogP) is 15.2. The first kappa shape index (κ1) is 67.7. The molecular weight excluding hydrogens is 1270 g/mol. The fraction of sp³-hybridized carbons (Fsp3) is 0.355. The van der Waals surface area contributed by atoms with Gasteiger partial charge in [-0.1, -0.05) is 122 Å². The van der Waals surface area contributed by atoms with Crippen molar-refractivity contribution in [3.8, 4) is 51.0 Å². The number of rotatable bonds is 31. The van der Waals surface area contributed by atoms with Crippen LogP contribution >= 0.6 is 23.2 Å². The largest absolute Gasteiger partial charge is 0.497 e. The Hall–Kier alpha value is -9.27. The van der Waals surface area contributed by atoms with E-state index in [1.807, 2.05) is 161 Å². The summed E-state index contributed by atoms with van der Waals surface area (Å²) in [6.07, 6.45) is 7.41. The second-order valence-corrected chi connectivity index (χ2v) is 26.6. The van der Waals surface area contributed by atoms with Crippen LogP contribution in [0.3, 0.4) is 0 Å².